The number of hydrogen-bond acceptors (Lipinski definition) is 4. The molecule has 0 saturated heterocycles. The van der Waals surface area contributed by atoms with E-state index in [-0.39, 0.29) is 5.91 Å². The number of carbonyl (C=O) groups excluding carboxylic acids is 1. The van der Waals surface area contributed by atoms with Crippen molar-refractivity contribution in [3.63, 3.8) is 0 Å². The van der Waals surface area contributed by atoms with Crippen molar-refractivity contribution in [1.29, 1.82) is 0 Å². The Kier molecular flexibility index (Phi) is 6.24. The molecule has 5 heteroatoms. The van der Waals surface area contributed by atoms with Crippen LogP contribution in [0.25, 0.3) is 22.9 Å². The molecule has 154 valence electrons. The number of anilines is 1. The number of carbonyl (C=O) groups is 1. The van der Waals surface area contributed by atoms with Crippen LogP contribution in [-0.4, -0.2) is 18.0 Å². The molecule has 0 fully saturated rings. The molecular formula is C26H22N2O2S. The maximum Gasteiger partial charge on any atom is 0.256 e. The predicted molar refractivity (Wildman–Crippen MR) is 128 cm³/mol. The van der Waals surface area contributed by atoms with Crippen LogP contribution >= 0.6 is 11.3 Å². The third-order valence-corrected chi connectivity index (χ3v) is 5.59. The molecule has 31 heavy (non-hydrogen) atoms. The molecule has 0 radical (unpaired) electrons. The number of ether oxygens (including phenoxy) is 1. The Bertz CT molecular complexity index is 1190. The van der Waals surface area contributed by atoms with E-state index >= 15 is 0 Å². The van der Waals surface area contributed by atoms with Gasteiger partial charge in [-0.15, -0.1) is 11.3 Å². The Morgan fingerprint density at radius 2 is 1.68 bits per heavy atom. The lowest BCUT2D eigenvalue weighted by atomic mass is 10.0. The van der Waals surface area contributed by atoms with Gasteiger partial charge in [0.25, 0.3) is 5.91 Å². The Hall–Kier alpha value is -3.70. The molecule has 0 atom stereocenters. The third-order valence-electron chi connectivity index (χ3n) is 4.81. The van der Waals surface area contributed by atoms with Gasteiger partial charge in [-0.3, -0.25) is 4.79 Å². The number of methoxy groups -OCH3 is 1. The minimum absolute atomic E-state index is 0.167. The van der Waals surface area contributed by atoms with Crippen LogP contribution < -0.4 is 10.1 Å². The SMILES string of the molecule is COc1ccc(/C=C(/C(=O)Nc2ccc(-c3csc(C)n3)cc2)c2ccccc2)cc1. The average molecular weight is 427 g/mol. The number of nitrogens with zero attached hydrogens (tertiary/aromatic N) is 1. The molecule has 4 nitrogen and oxygen atoms in total. The first-order valence-corrected chi connectivity index (χ1v) is 10.8. The molecule has 3 aromatic carbocycles. The summed E-state index contributed by atoms with van der Waals surface area (Å²) in [5.74, 6) is 0.609. The molecule has 0 bridgehead atoms. The third kappa shape index (κ3) is 5.08. The molecule has 0 aliphatic carbocycles. The summed E-state index contributed by atoms with van der Waals surface area (Å²) in [6.45, 7) is 1.99. The summed E-state index contributed by atoms with van der Waals surface area (Å²) < 4.78 is 5.22. The highest BCUT2D eigenvalue weighted by Gasteiger charge is 2.13. The second-order valence-electron chi connectivity index (χ2n) is 6.98. The van der Waals surface area contributed by atoms with Gasteiger partial charge in [0.2, 0.25) is 0 Å². The highest BCUT2D eigenvalue weighted by atomic mass is 32.1. The van der Waals surface area contributed by atoms with Crippen LogP contribution in [0.15, 0.2) is 84.2 Å². The van der Waals surface area contributed by atoms with E-state index in [1.807, 2.05) is 97.2 Å². The molecule has 1 aromatic heterocycles. The Balaban J connectivity index is 1.59. The molecule has 4 rings (SSSR count). The molecular weight excluding hydrogens is 404 g/mol. The largest absolute Gasteiger partial charge is 0.497 e. The molecule has 0 unspecified atom stereocenters. The molecule has 4 aromatic rings. The van der Waals surface area contributed by atoms with Gasteiger partial charge in [-0.05, 0) is 48.4 Å². The smallest absolute Gasteiger partial charge is 0.256 e. The highest BCUT2D eigenvalue weighted by molar-refractivity contribution is 7.09. The van der Waals surface area contributed by atoms with Gasteiger partial charge in [0.1, 0.15) is 5.75 Å². The van der Waals surface area contributed by atoms with Crippen molar-refractivity contribution in [1.82, 2.24) is 4.98 Å². The van der Waals surface area contributed by atoms with Gasteiger partial charge in [-0.25, -0.2) is 4.98 Å². The van der Waals surface area contributed by atoms with Crippen LogP contribution in [0.5, 0.6) is 5.75 Å². The van der Waals surface area contributed by atoms with Crippen LogP contribution in [0.1, 0.15) is 16.1 Å². The molecule has 1 N–H and O–H groups in total. The van der Waals surface area contributed by atoms with Crippen molar-refractivity contribution in [3.8, 4) is 17.0 Å². The zero-order valence-electron chi connectivity index (χ0n) is 17.3. The zero-order chi connectivity index (χ0) is 21.6. The lowest BCUT2D eigenvalue weighted by molar-refractivity contribution is -0.111. The van der Waals surface area contributed by atoms with Crippen molar-refractivity contribution in [2.45, 2.75) is 6.92 Å². The van der Waals surface area contributed by atoms with E-state index in [9.17, 15) is 4.79 Å². The van der Waals surface area contributed by atoms with Gasteiger partial charge in [-0.1, -0.05) is 54.6 Å². The second-order valence-corrected chi connectivity index (χ2v) is 8.04. The summed E-state index contributed by atoms with van der Waals surface area (Å²) in [7, 11) is 1.63. The van der Waals surface area contributed by atoms with Gasteiger partial charge >= 0.3 is 0 Å². The van der Waals surface area contributed by atoms with Crippen LogP contribution in [0.4, 0.5) is 5.69 Å². The highest BCUT2D eigenvalue weighted by Crippen LogP contribution is 2.25. The first-order chi connectivity index (χ1) is 15.1. The van der Waals surface area contributed by atoms with Crippen LogP contribution in [-0.2, 0) is 4.79 Å². The number of aryl methyl sites for hydroxylation is 1. The fourth-order valence-corrected chi connectivity index (χ4v) is 3.81. The molecule has 0 spiro atoms. The van der Waals surface area contributed by atoms with Gasteiger partial charge in [0, 0.05) is 22.2 Å². The normalized spacial score (nSPS) is 11.2. The van der Waals surface area contributed by atoms with E-state index in [1.54, 1.807) is 18.4 Å². The Morgan fingerprint density at radius 1 is 0.968 bits per heavy atom. The van der Waals surface area contributed by atoms with Crippen molar-refractivity contribution >= 4 is 34.6 Å². The van der Waals surface area contributed by atoms with Gasteiger partial charge in [0.05, 0.1) is 17.8 Å². The van der Waals surface area contributed by atoms with Crippen molar-refractivity contribution in [3.05, 3.63) is 100 Å². The summed E-state index contributed by atoms with van der Waals surface area (Å²) in [6, 6.07) is 25.0. The summed E-state index contributed by atoms with van der Waals surface area (Å²) in [5.41, 5.74) is 5.07. The molecule has 0 aliphatic rings. The fraction of sp³-hybridized carbons (Fsp3) is 0.0769. The average Bonchev–Trinajstić information content (AvgIpc) is 3.25. The van der Waals surface area contributed by atoms with Crippen LogP contribution in [0, 0.1) is 6.92 Å². The van der Waals surface area contributed by atoms with E-state index < -0.39 is 0 Å². The monoisotopic (exact) mass is 426 g/mol. The molecule has 1 amide bonds. The minimum atomic E-state index is -0.167. The van der Waals surface area contributed by atoms with Gasteiger partial charge in [-0.2, -0.15) is 0 Å². The zero-order valence-corrected chi connectivity index (χ0v) is 18.1. The van der Waals surface area contributed by atoms with Crippen LogP contribution in [0.3, 0.4) is 0 Å². The minimum Gasteiger partial charge on any atom is -0.497 e. The predicted octanol–water partition coefficient (Wildman–Crippen LogP) is 6.31. The summed E-state index contributed by atoms with van der Waals surface area (Å²) in [4.78, 5) is 17.7. The molecule has 0 aliphatic heterocycles. The van der Waals surface area contributed by atoms with E-state index in [2.05, 4.69) is 10.3 Å². The Morgan fingerprint density at radius 3 is 2.29 bits per heavy atom. The first-order valence-electron chi connectivity index (χ1n) is 9.87. The Labute approximate surface area is 185 Å². The number of nitrogens with one attached hydrogen (secondary N) is 1. The van der Waals surface area contributed by atoms with Gasteiger partial charge < -0.3 is 10.1 Å². The molecule has 1 heterocycles. The summed E-state index contributed by atoms with van der Waals surface area (Å²) >= 11 is 1.62. The van der Waals surface area contributed by atoms with E-state index in [0.717, 1.165) is 38.8 Å². The lowest BCUT2D eigenvalue weighted by Crippen LogP contribution is -2.13. The van der Waals surface area contributed by atoms with E-state index in [4.69, 9.17) is 4.74 Å². The summed E-state index contributed by atoms with van der Waals surface area (Å²) in [6.07, 6.45) is 1.89. The van der Waals surface area contributed by atoms with Gasteiger partial charge in [0.15, 0.2) is 0 Å². The summed E-state index contributed by atoms with van der Waals surface area (Å²) in [5, 5.41) is 6.08. The quantitative estimate of drug-likeness (QED) is 0.290. The number of amides is 1. The number of thiazole rings is 1. The maximum atomic E-state index is 13.2. The van der Waals surface area contributed by atoms with Crippen molar-refractivity contribution in [2.24, 2.45) is 0 Å². The van der Waals surface area contributed by atoms with Crippen molar-refractivity contribution in [2.75, 3.05) is 12.4 Å². The van der Waals surface area contributed by atoms with Crippen LogP contribution in [0.2, 0.25) is 0 Å². The van der Waals surface area contributed by atoms with E-state index in [1.165, 1.54) is 0 Å². The number of hydrogen-bond donors (Lipinski definition) is 1. The van der Waals surface area contributed by atoms with E-state index in [0.29, 0.717) is 5.57 Å². The standard InChI is InChI=1S/C26H22N2O2S/c1-18-27-25(17-31-18)21-10-12-22(13-11-21)28-26(29)24(20-6-4-3-5-7-20)16-19-8-14-23(30-2)15-9-19/h3-17H,1-2H3,(H,28,29)/b24-16+. The van der Waals surface area contributed by atoms with Crippen molar-refractivity contribution < 1.29 is 9.53 Å². The number of aromatic nitrogens is 1. The number of rotatable bonds is 6. The maximum absolute atomic E-state index is 13.2. The fourth-order valence-electron chi connectivity index (χ4n) is 3.18. The number of benzene rings is 3. The topological polar surface area (TPSA) is 51.2 Å². The lowest BCUT2D eigenvalue weighted by Gasteiger charge is -2.11. The molecule has 0 saturated carbocycles. The second kappa shape index (κ2) is 9.41. The first kappa shape index (κ1) is 20.6.